The van der Waals surface area contributed by atoms with E-state index in [1.807, 2.05) is 0 Å². The number of phenols is 1. The topological polar surface area (TPSA) is 95.6 Å². The smallest absolute Gasteiger partial charge is 0.270 e. The van der Waals surface area contributed by atoms with Crippen LogP contribution in [0.5, 0.6) is 5.75 Å². The third kappa shape index (κ3) is 4.03. The summed E-state index contributed by atoms with van der Waals surface area (Å²) >= 11 is 0. The van der Waals surface area contributed by atoms with E-state index in [1.165, 1.54) is 24.3 Å². The molecule has 0 bridgehead atoms. The molecule has 2 rings (SSSR count). The molecule has 0 saturated carbocycles. The van der Waals surface area contributed by atoms with Crippen LogP contribution in [0.25, 0.3) is 0 Å². The van der Waals surface area contributed by atoms with Gasteiger partial charge in [0.15, 0.2) is 11.6 Å². The van der Waals surface area contributed by atoms with Crippen molar-refractivity contribution in [2.45, 2.75) is 25.6 Å². The predicted molar refractivity (Wildman–Crippen MR) is 82.4 cm³/mol. The summed E-state index contributed by atoms with van der Waals surface area (Å²) in [6.45, 7) is 1.66. The lowest BCUT2D eigenvalue weighted by atomic mass is 10.0. The van der Waals surface area contributed by atoms with Crippen molar-refractivity contribution in [1.29, 1.82) is 0 Å². The first-order valence-corrected chi connectivity index (χ1v) is 7.12. The van der Waals surface area contributed by atoms with Crippen molar-refractivity contribution in [1.82, 2.24) is 5.32 Å². The zero-order valence-corrected chi connectivity index (χ0v) is 12.7. The van der Waals surface area contributed by atoms with Gasteiger partial charge in [0, 0.05) is 30.3 Å². The molecule has 2 atom stereocenters. The Morgan fingerprint density at radius 1 is 1.21 bits per heavy atom. The Labute approximate surface area is 136 Å². The minimum absolute atomic E-state index is 0.0510. The van der Waals surface area contributed by atoms with Crippen molar-refractivity contribution in [2.75, 3.05) is 0 Å². The molecule has 24 heavy (non-hydrogen) atoms. The van der Waals surface area contributed by atoms with Gasteiger partial charge in [0.05, 0.1) is 11.0 Å². The van der Waals surface area contributed by atoms with Gasteiger partial charge in [-0.05, 0) is 30.7 Å². The van der Waals surface area contributed by atoms with E-state index in [9.17, 15) is 29.1 Å². The van der Waals surface area contributed by atoms with Crippen LogP contribution < -0.4 is 5.32 Å². The second-order valence-electron chi connectivity index (χ2n) is 5.36. The molecule has 128 valence electrons. The van der Waals surface area contributed by atoms with Crippen LogP contribution in [0.3, 0.4) is 0 Å². The van der Waals surface area contributed by atoms with Crippen molar-refractivity contribution >= 4 is 5.69 Å². The highest BCUT2D eigenvalue weighted by atomic mass is 19.2. The summed E-state index contributed by atoms with van der Waals surface area (Å²) in [6, 6.07) is 6.14. The van der Waals surface area contributed by atoms with Crippen LogP contribution in [0.4, 0.5) is 14.5 Å². The van der Waals surface area contributed by atoms with Gasteiger partial charge < -0.3 is 15.5 Å². The van der Waals surface area contributed by atoms with Crippen LogP contribution >= 0.6 is 0 Å². The zero-order chi connectivity index (χ0) is 17.9. The number of hydrogen-bond acceptors (Lipinski definition) is 5. The van der Waals surface area contributed by atoms with Crippen molar-refractivity contribution in [2.24, 2.45) is 0 Å². The minimum Gasteiger partial charge on any atom is -0.508 e. The number of aliphatic hydroxyl groups excluding tert-OH is 1. The number of hydrogen-bond donors (Lipinski definition) is 3. The van der Waals surface area contributed by atoms with Gasteiger partial charge in [0.1, 0.15) is 5.75 Å². The van der Waals surface area contributed by atoms with Gasteiger partial charge in [-0.25, -0.2) is 8.78 Å². The van der Waals surface area contributed by atoms with E-state index < -0.39 is 28.7 Å². The largest absolute Gasteiger partial charge is 0.508 e. The summed E-state index contributed by atoms with van der Waals surface area (Å²) in [4.78, 5) is 10.2. The summed E-state index contributed by atoms with van der Waals surface area (Å²) in [5.41, 5.74) is 0.309. The van der Waals surface area contributed by atoms with Crippen LogP contribution in [0, 0.1) is 21.7 Å². The number of halogens is 2. The van der Waals surface area contributed by atoms with E-state index in [1.54, 1.807) is 6.92 Å². The summed E-state index contributed by atoms with van der Waals surface area (Å²) in [5, 5.41) is 33.6. The van der Waals surface area contributed by atoms with Gasteiger partial charge in [-0.15, -0.1) is 0 Å². The standard InChI is InChI=1S/C16H16F2N2O4/c1-9(16(22)10-2-4-13(17)14(18)7-10)19-8-11-6-12(20(23)24)3-5-15(11)21/h2-7,9,16,19,21-22H,8H2,1H3. The number of non-ortho nitro benzene ring substituents is 1. The molecular weight excluding hydrogens is 322 g/mol. The summed E-state index contributed by atoms with van der Waals surface area (Å²) in [6.07, 6.45) is -1.12. The number of aromatic hydroxyl groups is 1. The van der Waals surface area contributed by atoms with E-state index in [0.29, 0.717) is 0 Å². The molecule has 0 radical (unpaired) electrons. The molecule has 2 aromatic carbocycles. The van der Waals surface area contributed by atoms with Crippen LogP contribution in [-0.4, -0.2) is 21.2 Å². The van der Waals surface area contributed by atoms with Gasteiger partial charge in [0.25, 0.3) is 5.69 Å². The second kappa shape index (κ2) is 7.33. The molecule has 6 nitrogen and oxygen atoms in total. The molecule has 0 spiro atoms. The normalized spacial score (nSPS) is 13.5. The van der Waals surface area contributed by atoms with E-state index in [0.717, 1.165) is 12.1 Å². The zero-order valence-electron chi connectivity index (χ0n) is 12.7. The predicted octanol–water partition coefficient (Wildman–Crippen LogP) is 2.79. The maximum absolute atomic E-state index is 13.2. The van der Waals surface area contributed by atoms with Gasteiger partial charge in [-0.2, -0.15) is 0 Å². The highest BCUT2D eigenvalue weighted by Gasteiger charge is 2.19. The number of nitrogens with zero attached hydrogens (tertiary/aromatic N) is 1. The van der Waals surface area contributed by atoms with E-state index in [4.69, 9.17) is 0 Å². The first-order chi connectivity index (χ1) is 11.3. The molecule has 0 aliphatic carbocycles. The highest BCUT2D eigenvalue weighted by molar-refractivity contribution is 5.43. The first-order valence-electron chi connectivity index (χ1n) is 7.12. The molecule has 0 amide bonds. The van der Waals surface area contributed by atoms with Crippen LogP contribution in [0.15, 0.2) is 36.4 Å². The van der Waals surface area contributed by atoms with Crippen molar-refractivity contribution in [3.8, 4) is 5.75 Å². The molecule has 0 aliphatic rings. The molecule has 8 heteroatoms. The minimum atomic E-state index is -1.12. The number of rotatable bonds is 6. The molecule has 0 saturated heterocycles. The number of aliphatic hydroxyl groups is 1. The van der Waals surface area contributed by atoms with Crippen LogP contribution in [0.1, 0.15) is 24.2 Å². The highest BCUT2D eigenvalue weighted by Crippen LogP contribution is 2.24. The molecule has 2 aromatic rings. The molecular formula is C16H16F2N2O4. The second-order valence-corrected chi connectivity index (χ2v) is 5.36. The summed E-state index contributed by atoms with van der Waals surface area (Å²) in [5.74, 6) is -2.19. The van der Waals surface area contributed by atoms with Gasteiger partial charge in [-0.3, -0.25) is 10.1 Å². The fourth-order valence-electron chi connectivity index (χ4n) is 2.19. The average molecular weight is 338 g/mol. The molecule has 0 heterocycles. The van der Waals surface area contributed by atoms with Crippen molar-refractivity contribution in [3.63, 3.8) is 0 Å². The van der Waals surface area contributed by atoms with Crippen LogP contribution in [-0.2, 0) is 6.54 Å². The Balaban J connectivity index is 2.07. The SMILES string of the molecule is CC(NCc1cc([N+](=O)[O-])ccc1O)C(O)c1ccc(F)c(F)c1. The quantitative estimate of drug-likeness (QED) is 0.556. The van der Waals surface area contributed by atoms with E-state index in [2.05, 4.69) is 5.32 Å². The third-order valence-corrected chi connectivity index (χ3v) is 3.65. The number of phenolic OH excluding ortho intramolecular Hbond substituents is 1. The van der Waals surface area contributed by atoms with Gasteiger partial charge >= 0.3 is 0 Å². The molecule has 2 unspecified atom stereocenters. The molecule has 3 N–H and O–H groups in total. The Bertz CT molecular complexity index is 755. The Kier molecular flexibility index (Phi) is 5.42. The monoisotopic (exact) mass is 338 g/mol. The number of nitrogens with one attached hydrogen (secondary N) is 1. The average Bonchev–Trinajstić information content (AvgIpc) is 2.55. The van der Waals surface area contributed by atoms with Crippen molar-refractivity contribution in [3.05, 3.63) is 69.3 Å². The first kappa shape index (κ1) is 17.8. The van der Waals surface area contributed by atoms with Crippen molar-refractivity contribution < 1.29 is 23.9 Å². The molecule has 0 aromatic heterocycles. The fraction of sp³-hybridized carbons (Fsp3) is 0.250. The third-order valence-electron chi connectivity index (χ3n) is 3.65. The Morgan fingerprint density at radius 2 is 1.92 bits per heavy atom. The summed E-state index contributed by atoms with van der Waals surface area (Å²) < 4.78 is 26.1. The Hall–Kier alpha value is -2.58. The number of nitro benzene ring substituents is 1. The fourth-order valence-corrected chi connectivity index (χ4v) is 2.19. The Morgan fingerprint density at radius 3 is 2.54 bits per heavy atom. The summed E-state index contributed by atoms with van der Waals surface area (Å²) in [7, 11) is 0. The lowest BCUT2D eigenvalue weighted by molar-refractivity contribution is -0.384. The van der Waals surface area contributed by atoms with Crippen LogP contribution in [0.2, 0.25) is 0 Å². The maximum atomic E-state index is 13.2. The lowest BCUT2D eigenvalue weighted by Crippen LogP contribution is -2.31. The molecule has 0 fully saturated rings. The molecule has 0 aliphatic heterocycles. The van der Waals surface area contributed by atoms with Gasteiger partial charge in [0.2, 0.25) is 0 Å². The van der Waals surface area contributed by atoms with Gasteiger partial charge in [-0.1, -0.05) is 6.07 Å². The number of nitro groups is 1. The maximum Gasteiger partial charge on any atom is 0.270 e. The number of benzene rings is 2. The van der Waals surface area contributed by atoms with E-state index >= 15 is 0 Å². The lowest BCUT2D eigenvalue weighted by Gasteiger charge is -2.21. The van der Waals surface area contributed by atoms with E-state index in [-0.39, 0.29) is 29.1 Å².